The lowest BCUT2D eigenvalue weighted by Crippen LogP contribution is -2.31. The first-order valence-electron chi connectivity index (χ1n) is 12.0. The molecule has 0 amide bonds. The van der Waals surface area contributed by atoms with Crippen molar-refractivity contribution < 1.29 is 5.11 Å². The van der Waals surface area contributed by atoms with Crippen LogP contribution in [0.2, 0.25) is 0 Å². The van der Waals surface area contributed by atoms with E-state index in [-0.39, 0.29) is 6.04 Å². The van der Waals surface area contributed by atoms with E-state index < -0.39 is 6.10 Å². The van der Waals surface area contributed by atoms with Crippen LogP contribution in [0.5, 0.6) is 0 Å². The maximum atomic E-state index is 10.1. The quantitative estimate of drug-likeness (QED) is 0.303. The van der Waals surface area contributed by atoms with Crippen molar-refractivity contribution in [2.45, 2.75) is 70.7 Å². The maximum absolute atomic E-state index is 10.1. The first kappa shape index (κ1) is 22.7. The van der Waals surface area contributed by atoms with Crippen molar-refractivity contribution >= 4 is 34.3 Å². The Labute approximate surface area is 203 Å². The molecular formula is C25H31N7OS. The van der Waals surface area contributed by atoms with Crippen LogP contribution in [-0.2, 0) is 6.54 Å². The summed E-state index contributed by atoms with van der Waals surface area (Å²) in [6.45, 7) is 4.40. The molecule has 1 aliphatic rings. The first-order valence-corrected chi connectivity index (χ1v) is 12.9. The molecule has 9 heteroatoms. The topological polar surface area (TPSA) is 101 Å². The van der Waals surface area contributed by atoms with Gasteiger partial charge in [-0.2, -0.15) is 9.97 Å². The third-order valence-corrected chi connectivity index (χ3v) is 7.43. The van der Waals surface area contributed by atoms with E-state index >= 15 is 0 Å². The van der Waals surface area contributed by atoms with E-state index in [0.29, 0.717) is 24.4 Å². The van der Waals surface area contributed by atoms with Gasteiger partial charge in [-0.25, -0.2) is 4.98 Å². The highest BCUT2D eigenvalue weighted by Crippen LogP contribution is 2.33. The summed E-state index contributed by atoms with van der Waals surface area (Å²) in [5.41, 5.74) is 3.64. The second kappa shape index (κ2) is 10.1. The minimum absolute atomic E-state index is 0.123. The van der Waals surface area contributed by atoms with Gasteiger partial charge >= 0.3 is 0 Å². The average Bonchev–Trinajstić information content (AvgIpc) is 3.62. The van der Waals surface area contributed by atoms with Gasteiger partial charge in [0.1, 0.15) is 0 Å². The number of aromatic nitrogens is 5. The summed E-state index contributed by atoms with van der Waals surface area (Å²) in [7, 11) is 0. The minimum atomic E-state index is -0.506. The highest BCUT2D eigenvalue weighted by Gasteiger charge is 2.23. The van der Waals surface area contributed by atoms with E-state index in [2.05, 4.69) is 48.7 Å². The zero-order valence-corrected chi connectivity index (χ0v) is 20.4. The van der Waals surface area contributed by atoms with Crippen LogP contribution in [0, 0.1) is 0 Å². The summed E-state index contributed by atoms with van der Waals surface area (Å²) >= 11 is 1.69. The number of nitrogens with one attached hydrogen (secondary N) is 2. The molecule has 0 bridgehead atoms. The van der Waals surface area contributed by atoms with Crippen molar-refractivity contribution in [2.75, 3.05) is 10.6 Å². The van der Waals surface area contributed by atoms with Crippen LogP contribution in [0.3, 0.4) is 0 Å². The molecule has 4 aromatic rings. The first-order chi connectivity index (χ1) is 16.6. The van der Waals surface area contributed by atoms with Gasteiger partial charge < -0.3 is 20.3 Å². The zero-order chi connectivity index (χ0) is 23.5. The Kier molecular flexibility index (Phi) is 6.73. The highest BCUT2D eigenvalue weighted by atomic mass is 32.1. The van der Waals surface area contributed by atoms with Crippen molar-refractivity contribution in [1.82, 2.24) is 24.5 Å². The summed E-state index contributed by atoms with van der Waals surface area (Å²) in [4.78, 5) is 20.0. The van der Waals surface area contributed by atoms with E-state index in [1.165, 1.54) is 12.8 Å². The van der Waals surface area contributed by atoms with E-state index in [9.17, 15) is 5.11 Å². The van der Waals surface area contributed by atoms with Crippen LogP contribution in [-0.4, -0.2) is 41.8 Å². The second-order valence-corrected chi connectivity index (χ2v) is 9.89. The van der Waals surface area contributed by atoms with Gasteiger partial charge in [0.05, 0.1) is 29.0 Å². The molecule has 0 radical (unpaired) electrons. The number of hydrogen-bond donors (Lipinski definition) is 3. The van der Waals surface area contributed by atoms with Crippen molar-refractivity contribution in [1.29, 1.82) is 0 Å². The number of pyridine rings is 1. The molecule has 2 atom stereocenters. The number of anilines is 2. The third-order valence-electron chi connectivity index (χ3n) is 6.53. The van der Waals surface area contributed by atoms with Crippen LogP contribution < -0.4 is 10.6 Å². The molecule has 34 heavy (non-hydrogen) atoms. The van der Waals surface area contributed by atoms with E-state index in [1.54, 1.807) is 18.3 Å². The average molecular weight is 478 g/mol. The summed E-state index contributed by atoms with van der Waals surface area (Å²) in [6, 6.07) is 8.55. The Morgan fingerprint density at radius 1 is 1.18 bits per heavy atom. The summed E-state index contributed by atoms with van der Waals surface area (Å²) < 4.78 is 2.20. The van der Waals surface area contributed by atoms with Crippen LogP contribution >= 0.6 is 11.3 Å². The maximum Gasteiger partial charge on any atom is 0.227 e. The molecule has 0 aliphatic heterocycles. The minimum Gasteiger partial charge on any atom is -0.391 e. The van der Waals surface area contributed by atoms with Crippen molar-refractivity contribution in [2.24, 2.45) is 0 Å². The number of aliphatic hydroxyl groups is 1. The Bertz CT molecular complexity index is 1210. The molecule has 1 saturated carbocycles. The fraction of sp³-hybridized carbons (Fsp3) is 0.440. The fourth-order valence-electron chi connectivity index (χ4n) is 4.57. The molecule has 0 aromatic carbocycles. The number of nitrogens with zero attached hydrogens (tertiary/aromatic N) is 5. The van der Waals surface area contributed by atoms with Gasteiger partial charge in [0.15, 0.2) is 17.0 Å². The van der Waals surface area contributed by atoms with Gasteiger partial charge in [0.2, 0.25) is 5.95 Å². The number of hydrogen-bond acceptors (Lipinski definition) is 8. The van der Waals surface area contributed by atoms with Crippen molar-refractivity contribution in [3.05, 3.63) is 47.7 Å². The van der Waals surface area contributed by atoms with Gasteiger partial charge in [-0.3, -0.25) is 4.98 Å². The SMILES string of the molecule is CCC(Nc1nc(NCc2ccc(-c3cccs3)nc2)c2ncn(C3CCCC3)c2n1)C(C)O. The van der Waals surface area contributed by atoms with Crippen LogP contribution in [0.15, 0.2) is 42.2 Å². The van der Waals surface area contributed by atoms with Gasteiger partial charge in [0.25, 0.3) is 0 Å². The summed E-state index contributed by atoms with van der Waals surface area (Å²) in [5, 5.41) is 19.0. The number of aliphatic hydroxyl groups excluding tert-OH is 1. The summed E-state index contributed by atoms with van der Waals surface area (Å²) in [5.74, 6) is 1.20. The Morgan fingerprint density at radius 3 is 2.71 bits per heavy atom. The lowest BCUT2D eigenvalue weighted by atomic mass is 10.1. The number of imidazole rings is 1. The van der Waals surface area contributed by atoms with Crippen LogP contribution in [0.1, 0.15) is 57.6 Å². The van der Waals surface area contributed by atoms with Crippen molar-refractivity contribution in [3.8, 4) is 10.6 Å². The molecule has 8 nitrogen and oxygen atoms in total. The van der Waals surface area contributed by atoms with Gasteiger partial charge in [0, 0.05) is 18.8 Å². The molecule has 4 heterocycles. The van der Waals surface area contributed by atoms with E-state index in [1.807, 2.05) is 25.5 Å². The van der Waals surface area contributed by atoms with Gasteiger partial charge in [-0.05, 0) is 49.3 Å². The smallest absolute Gasteiger partial charge is 0.227 e. The van der Waals surface area contributed by atoms with Gasteiger partial charge in [-0.1, -0.05) is 31.9 Å². The van der Waals surface area contributed by atoms with Crippen molar-refractivity contribution in [3.63, 3.8) is 0 Å². The summed E-state index contributed by atoms with van der Waals surface area (Å²) in [6.07, 6.45) is 8.83. The fourth-order valence-corrected chi connectivity index (χ4v) is 5.27. The lowest BCUT2D eigenvalue weighted by Gasteiger charge is -2.20. The molecule has 1 fully saturated rings. The molecule has 0 spiro atoms. The molecule has 178 valence electrons. The molecule has 5 rings (SSSR count). The second-order valence-electron chi connectivity index (χ2n) is 8.94. The normalized spacial score (nSPS) is 16.1. The number of fused-ring (bicyclic) bond motifs is 1. The Morgan fingerprint density at radius 2 is 2.03 bits per heavy atom. The number of thiophene rings is 1. The standard InChI is InChI=1S/C25H31N7OS/c1-3-19(16(2)33)29-25-30-23(22-24(31-25)32(15-28-22)18-7-4-5-8-18)27-14-17-10-11-20(26-13-17)21-9-6-12-34-21/h6,9-13,15-16,18-19,33H,3-5,7-8,14H2,1-2H3,(H2,27,29,30,31). The molecule has 0 saturated heterocycles. The molecular weight excluding hydrogens is 446 g/mol. The van der Waals surface area contributed by atoms with Gasteiger partial charge in [-0.15, -0.1) is 11.3 Å². The Balaban J connectivity index is 1.42. The molecule has 2 unspecified atom stereocenters. The predicted octanol–water partition coefficient (Wildman–Crippen LogP) is 5.25. The largest absolute Gasteiger partial charge is 0.391 e. The monoisotopic (exact) mass is 477 g/mol. The van der Waals surface area contributed by atoms with Crippen LogP contribution in [0.4, 0.5) is 11.8 Å². The molecule has 1 aliphatic carbocycles. The molecule has 4 aromatic heterocycles. The number of rotatable bonds is 9. The zero-order valence-electron chi connectivity index (χ0n) is 19.6. The highest BCUT2D eigenvalue weighted by molar-refractivity contribution is 7.13. The molecule has 3 N–H and O–H groups in total. The van der Waals surface area contributed by atoms with E-state index in [0.717, 1.165) is 46.6 Å². The predicted molar refractivity (Wildman–Crippen MR) is 137 cm³/mol. The Hall–Kier alpha value is -3.04. The van der Waals surface area contributed by atoms with Crippen LogP contribution in [0.25, 0.3) is 21.7 Å². The van der Waals surface area contributed by atoms with E-state index in [4.69, 9.17) is 9.97 Å². The lowest BCUT2D eigenvalue weighted by molar-refractivity contribution is 0.169. The third kappa shape index (κ3) is 4.76.